The fourth-order valence-electron chi connectivity index (χ4n) is 1.77. The van der Waals surface area contributed by atoms with Crippen molar-refractivity contribution in [1.82, 2.24) is 0 Å². The van der Waals surface area contributed by atoms with E-state index in [0.717, 1.165) is 0 Å². The fourth-order valence-corrected chi connectivity index (χ4v) is 2.88. The molecule has 0 aliphatic carbocycles. The van der Waals surface area contributed by atoms with Crippen molar-refractivity contribution in [2.24, 2.45) is 0 Å². The van der Waals surface area contributed by atoms with Crippen molar-refractivity contribution in [3.63, 3.8) is 0 Å². The van der Waals surface area contributed by atoms with Gasteiger partial charge in [-0.3, -0.25) is 0 Å². The smallest absolute Gasteiger partial charge is 0.129 e. The summed E-state index contributed by atoms with van der Waals surface area (Å²) in [4.78, 5) is 0. The number of benzene rings is 2. The van der Waals surface area contributed by atoms with E-state index in [1.165, 1.54) is 36.4 Å². The number of hydrogen-bond donors (Lipinski definition) is 0. The molecule has 2 aromatic rings. The van der Waals surface area contributed by atoms with E-state index in [1.54, 1.807) is 0 Å². The Morgan fingerprint density at radius 3 is 2.26 bits per heavy atom. The van der Waals surface area contributed by atoms with Gasteiger partial charge >= 0.3 is 0 Å². The van der Waals surface area contributed by atoms with Gasteiger partial charge in [0, 0.05) is 10.0 Å². The van der Waals surface area contributed by atoms with Crippen LogP contribution in [0.1, 0.15) is 16.5 Å². The lowest BCUT2D eigenvalue weighted by atomic mass is 10.0. The van der Waals surface area contributed by atoms with Gasteiger partial charge in [-0.2, -0.15) is 0 Å². The molecule has 0 saturated carbocycles. The Balaban J connectivity index is 2.28. The van der Waals surface area contributed by atoms with Crippen LogP contribution in [0.2, 0.25) is 0 Å². The molecule has 0 heterocycles. The first-order valence-corrected chi connectivity index (χ1v) is 6.74. The van der Waals surface area contributed by atoms with Crippen LogP contribution >= 0.6 is 27.5 Å². The maximum Gasteiger partial charge on any atom is 0.129 e. The number of rotatable bonds is 3. The predicted molar refractivity (Wildman–Crippen MR) is 72.8 cm³/mol. The zero-order chi connectivity index (χ0) is 14.0. The SMILES string of the molecule is Fc1ccc(C(Cl)Cc2c(F)cccc2F)c(Br)c1. The van der Waals surface area contributed by atoms with Crippen LogP contribution in [-0.4, -0.2) is 0 Å². The van der Waals surface area contributed by atoms with Crippen LogP contribution < -0.4 is 0 Å². The van der Waals surface area contributed by atoms with Crippen LogP contribution in [0.5, 0.6) is 0 Å². The molecule has 1 unspecified atom stereocenters. The van der Waals surface area contributed by atoms with E-state index in [9.17, 15) is 13.2 Å². The standard InChI is InChI=1S/C14H9BrClF3/c15-11-6-8(17)4-5-9(11)12(16)7-10-13(18)2-1-3-14(10)19/h1-6,12H,7H2. The lowest BCUT2D eigenvalue weighted by Gasteiger charge is -2.13. The van der Waals surface area contributed by atoms with E-state index in [1.807, 2.05) is 0 Å². The van der Waals surface area contributed by atoms with Crippen molar-refractivity contribution < 1.29 is 13.2 Å². The van der Waals surface area contributed by atoms with Gasteiger partial charge in [0.1, 0.15) is 17.5 Å². The monoisotopic (exact) mass is 348 g/mol. The van der Waals surface area contributed by atoms with Crippen LogP contribution in [0.3, 0.4) is 0 Å². The van der Waals surface area contributed by atoms with Crippen LogP contribution in [0.15, 0.2) is 40.9 Å². The Hall–Kier alpha value is -1.00. The lowest BCUT2D eigenvalue weighted by Crippen LogP contribution is -2.02. The molecule has 100 valence electrons. The van der Waals surface area contributed by atoms with Crippen molar-refractivity contribution in [2.45, 2.75) is 11.8 Å². The van der Waals surface area contributed by atoms with Gasteiger partial charge in [-0.15, -0.1) is 11.6 Å². The normalized spacial score (nSPS) is 12.5. The molecule has 19 heavy (non-hydrogen) atoms. The van der Waals surface area contributed by atoms with Gasteiger partial charge in [0.05, 0.1) is 5.38 Å². The third-order valence-electron chi connectivity index (χ3n) is 2.74. The van der Waals surface area contributed by atoms with Gasteiger partial charge in [0.15, 0.2) is 0 Å². The first kappa shape index (κ1) is 14.4. The van der Waals surface area contributed by atoms with Crippen LogP contribution in [0, 0.1) is 17.5 Å². The highest BCUT2D eigenvalue weighted by Crippen LogP contribution is 2.32. The van der Waals surface area contributed by atoms with Crippen molar-refractivity contribution in [1.29, 1.82) is 0 Å². The number of hydrogen-bond acceptors (Lipinski definition) is 0. The Morgan fingerprint density at radius 2 is 1.68 bits per heavy atom. The van der Waals surface area contributed by atoms with Gasteiger partial charge in [0.2, 0.25) is 0 Å². The second-order valence-corrected chi connectivity index (χ2v) is 5.42. The first-order chi connectivity index (χ1) is 8.99. The summed E-state index contributed by atoms with van der Waals surface area (Å²) in [6.45, 7) is 0. The van der Waals surface area contributed by atoms with Crippen molar-refractivity contribution in [2.75, 3.05) is 0 Å². The van der Waals surface area contributed by atoms with Gasteiger partial charge in [0.25, 0.3) is 0 Å². The maximum absolute atomic E-state index is 13.5. The van der Waals surface area contributed by atoms with Crippen LogP contribution in [0.25, 0.3) is 0 Å². The second-order valence-electron chi connectivity index (χ2n) is 4.04. The average molecular weight is 350 g/mol. The summed E-state index contributed by atoms with van der Waals surface area (Å²) in [7, 11) is 0. The molecule has 0 saturated heterocycles. The van der Waals surface area contributed by atoms with Gasteiger partial charge in [-0.25, -0.2) is 13.2 Å². The largest absolute Gasteiger partial charge is 0.207 e. The van der Waals surface area contributed by atoms with Gasteiger partial charge in [-0.05, 0) is 36.2 Å². The number of halogens is 5. The molecule has 2 rings (SSSR count). The summed E-state index contributed by atoms with van der Waals surface area (Å²) in [6, 6.07) is 7.68. The van der Waals surface area contributed by atoms with Crippen LogP contribution in [-0.2, 0) is 6.42 Å². The molecule has 0 aliphatic rings. The Bertz CT molecular complexity index is 581. The minimum Gasteiger partial charge on any atom is -0.207 e. The van der Waals surface area contributed by atoms with E-state index in [2.05, 4.69) is 15.9 Å². The molecule has 0 aliphatic heterocycles. The molecule has 0 spiro atoms. The zero-order valence-corrected chi connectivity index (χ0v) is 12.0. The van der Waals surface area contributed by atoms with Crippen molar-refractivity contribution in [3.8, 4) is 0 Å². The van der Waals surface area contributed by atoms with Crippen LogP contribution in [0.4, 0.5) is 13.2 Å². The van der Waals surface area contributed by atoms with Crippen molar-refractivity contribution >= 4 is 27.5 Å². The minimum absolute atomic E-state index is 0.00963. The fraction of sp³-hybridized carbons (Fsp3) is 0.143. The molecule has 0 aromatic heterocycles. The average Bonchev–Trinajstić information content (AvgIpc) is 2.33. The van der Waals surface area contributed by atoms with Gasteiger partial charge in [-0.1, -0.05) is 28.1 Å². The molecule has 0 N–H and O–H groups in total. The maximum atomic E-state index is 13.5. The molecule has 0 nitrogen and oxygen atoms in total. The summed E-state index contributed by atoms with van der Waals surface area (Å²) in [5.74, 6) is -1.68. The third kappa shape index (κ3) is 3.31. The highest BCUT2D eigenvalue weighted by atomic mass is 79.9. The molecular weight excluding hydrogens is 341 g/mol. The first-order valence-electron chi connectivity index (χ1n) is 5.51. The molecule has 1 atom stereocenters. The molecule has 0 amide bonds. The summed E-state index contributed by atoms with van der Waals surface area (Å²) in [5, 5.41) is -0.652. The van der Waals surface area contributed by atoms with E-state index < -0.39 is 22.8 Å². The molecular formula is C14H9BrClF3. The summed E-state index contributed by atoms with van der Waals surface area (Å²) >= 11 is 9.34. The predicted octanol–water partition coefficient (Wildman–Crippen LogP) is 5.39. The molecule has 0 fully saturated rings. The summed E-state index contributed by atoms with van der Waals surface area (Å²) < 4.78 is 40.5. The molecule has 0 radical (unpaired) electrons. The quantitative estimate of drug-likeness (QED) is 0.652. The second kappa shape index (κ2) is 5.97. The topological polar surface area (TPSA) is 0 Å². The Morgan fingerprint density at radius 1 is 1.05 bits per heavy atom. The Labute approximate surface area is 122 Å². The van der Waals surface area contributed by atoms with E-state index in [4.69, 9.17) is 11.6 Å². The molecule has 0 bridgehead atoms. The third-order valence-corrected chi connectivity index (χ3v) is 3.82. The molecule has 5 heteroatoms. The van der Waals surface area contributed by atoms with E-state index >= 15 is 0 Å². The van der Waals surface area contributed by atoms with E-state index in [-0.39, 0.29) is 12.0 Å². The highest BCUT2D eigenvalue weighted by Gasteiger charge is 2.17. The lowest BCUT2D eigenvalue weighted by molar-refractivity contribution is 0.552. The van der Waals surface area contributed by atoms with E-state index in [0.29, 0.717) is 10.0 Å². The zero-order valence-electron chi connectivity index (χ0n) is 9.64. The summed E-state index contributed by atoms with van der Waals surface area (Å²) in [5.41, 5.74) is 0.518. The van der Waals surface area contributed by atoms with Gasteiger partial charge < -0.3 is 0 Å². The molecule has 2 aromatic carbocycles. The minimum atomic E-state index is -0.652. The summed E-state index contributed by atoms with van der Waals surface area (Å²) in [6.07, 6.45) is -0.00963. The highest BCUT2D eigenvalue weighted by molar-refractivity contribution is 9.10. The number of alkyl halides is 1. The Kier molecular flexibility index (Phi) is 4.53. The van der Waals surface area contributed by atoms with Crippen molar-refractivity contribution in [3.05, 3.63) is 69.4 Å².